The van der Waals surface area contributed by atoms with Gasteiger partial charge in [-0.15, -0.1) is 0 Å². The van der Waals surface area contributed by atoms with Gasteiger partial charge < -0.3 is 0 Å². The first-order valence-corrected chi connectivity index (χ1v) is 23.7. The molecule has 0 atom stereocenters. The van der Waals surface area contributed by atoms with Crippen LogP contribution in [0.15, 0.2) is 262 Å². The van der Waals surface area contributed by atoms with Crippen molar-refractivity contribution in [2.24, 2.45) is 0 Å². The van der Waals surface area contributed by atoms with E-state index < -0.39 is 0 Å². The van der Waals surface area contributed by atoms with Crippen molar-refractivity contribution < 1.29 is 0 Å². The Morgan fingerprint density at radius 3 is 0.871 bits per heavy atom. The quantitative estimate of drug-likeness (QED) is 0.101. The normalized spacial score (nSPS) is 11.6. The third-order valence-electron chi connectivity index (χ3n) is 13.5. The van der Waals surface area contributed by atoms with Crippen molar-refractivity contribution >= 4 is 48.7 Å². The minimum Gasteiger partial charge on any atom is -0.208 e. The van der Waals surface area contributed by atoms with Crippen LogP contribution in [0.1, 0.15) is 5.56 Å². The van der Waals surface area contributed by atoms with Crippen molar-refractivity contribution in [3.63, 3.8) is 0 Å². The topological polar surface area (TPSA) is 38.7 Å². The lowest BCUT2D eigenvalue weighted by Crippen LogP contribution is -2.00. The van der Waals surface area contributed by atoms with Crippen LogP contribution in [0.25, 0.3) is 127 Å². The molecule has 0 N–H and O–H groups in total. The van der Waals surface area contributed by atoms with Crippen LogP contribution in [0.2, 0.25) is 0 Å². The summed E-state index contributed by atoms with van der Waals surface area (Å²) < 4.78 is 0. The van der Waals surface area contributed by atoms with E-state index >= 15 is 0 Å². The van der Waals surface area contributed by atoms with Crippen molar-refractivity contribution in [2.75, 3.05) is 0 Å². The molecule has 0 aliphatic heterocycles. The highest BCUT2D eigenvalue weighted by Gasteiger charge is 2.20. The van der Waals surface area contributed by atoms with Crippen molar-refractivity contribution in [3.8, 4) is 78.7 Å². The number of rotatable bonds is 10. The van der Waals surface area contributed by atoms with Gasteiger partial charge in [0.05, 0.1) is 0 Å². The van der Waals surface area contributed by atoms with E-state index in [0.717, 1.165) is 60.9 Å². The Hall–Kier alpha value is -9.31. The van der Waals surface area contributed by atoms with Crippen LogP contribution in [0.5, 0.6) is 0 Å². The second-order valence-corrected chi connectivity index (χ2v) is 17.5. The number of nitrogens with zero attached hydrogens (tertiary/aromatic N) is 3. The monoisotopic (exact) mass is 891 g/mol. The summed E-state index contributed by atoms with van der Waals surface area (Å²) in [6.07, 6.45) is 5.78. The average Bonchev–Trinajstić information content (AvgIpc) is 3.44. The minimum absolute atomic E-state index is 0.603. The lowest BCUT2D eigenvalue weighted by atomic mass is 9.85. The van der Waals surface area contributed by atoms with E-state index in [-0.39, 0.29) is 0 Å². The van der Waals surface area contributed by atoms with Gasteiger partial charge in [0.25, 0.3) is 0 Å². The summed E-state index contributed by atoms with van der Waals surface area (Å²) in [5.74, 6) is 1.82. The Bertz CT molecular complexity index is 3870. The molecule has 3 nitrogen and oxygen atoms in total. The fraction of sp³-hybridized carbons (Fsp3) is 0. The van der Waals surface area contributed by atoms with Crippen LogP contribution >= 0.6 is 0 Å². The van der Waals surface area contributed by atoms with Gasteiger partial charge in [0.2, 0.25) is 0 Å². The fourth-order valence-corrected chi connectivity index (χ4v) is 10.3. The first-order chi connectivity index (χ1) is 34.6. The molecule has 0 saturated heterocycles. The summed E-state index contributed by atoms with van der Waals surface area (Å²) in [5, 5.41) is 9.53. The van der Waals surface area contributed by atoms with Crippen molar-refractivity contribution in [2.45, 2.75) is 0 Å². The molecule has 0 saturated carbocycles. The summed E-state index contributed by atoms with van der Waals surface area (Å²) in [6, 6.07) is 81.8. The van der Waals surface area contributed by atoms with Crippen LogP contribution in [0.3, 0.4) is 0 Å². The van der Waals surface area contributed by atoms with Crippen LogP contribution in [0, 0.1) is 0 Å². The third kappa shape index (κ3) is 7.47. The van der Waals surface area contributed by atoms with E-state index in [2.05, 4.69) is 238 Å². The predicted molar refractivity (Wildman–Crippen MR) is 296 cm³/mol. The van der Waals surface area contributed by atoms with E-state index in [1.54, 1.807) is 0 Å². The number of benzene rings is 11. The van der Waals surface area contributed by atoms with Crippen LogP contribution in [0.4, 0.5) is 0 Å². The summed E-state index contributed by atoms with van der Waals surface area (Å²) in [4.78, 5) is 15.6. The van der Waals surface area contributed by atoms with E-state index in [1.807, 2.05) is 24.3 Å². The number of hydrogen-bond acceptors (Lipinski definition) is 3. The molecule has 0 bridgehead atoms. The molecular weight excluding hydrogens is 847 g/mol. The highest BCUT2D eigenvalue weighted by Crippen LogP contribution is 2.45. The van der Waals surface area contributed by atoms with Gasteiger partial charge in [0, 0.05) is 16.7 Å². The molecule has 0 amide bonds. The standard InChI is InChI=1S/C67H45N3/c1-3-19-44(4-2)61-53-24-11-13-26-55(53)63(56-27-14-12-25-54(56)61)48-34-40-51(41-35-48)66-68-65(50-38-32-46(33-39-50)45-20-7-5-8-21-45)69-67(70-66)52-42-36-49(37-43-52)64-59-30-17-15-28-57(59)62(47-22-9-6-10-23-47)58-29-16-18-31-60(58)64/h3-43H,1-2H2/b44-19+. The van der Waals surface area contributed by atoms with Gasteiger partial charge >= 0.3 is 0 Å². The summed E-state index contributed by atoms with van der Waals surface area (Å²) in [6.45, 7) is 8.17. The van der Waals surface area contributed by atoms with Gasteiger partial charge in [-0.1, -0.05) is 262 Å². The molecule has 0 aliphatic carbocycles. The second kappa shape index (κ2) is 18.1. The number of allylic oxidation sites excluding steroid dienone is 4. The SMILES string of the molecule is C=C/C=C(\C=C)c1c2ccccc2c(-c2ccc(-c3nc(-c4ccc(-c5ccccc5)cc4)nc(-c4ccc(-c5c6ccccc6c(-c6ccccc6)c6ccccc56)cc4)n3)cc2)c2ccccc12. The fourth-order valence-electron chi connectivity index (χ4n) is 10.3. The largest absolute Gasteiger partial charge is 0.208 e. The molecule has 328 valence electrons. The summed E-state index contributed by atoms with van der Waals surface area (Å²) >= 11 is 0. The average molecular weight is 892 g/mol. The molecule has 0 radical (unpaired) electrons. The van der Waals surface area contributed by atoms with Gasteiger partial charge in [-0.2, -0.15) is 0 Å². The summed E-state index contributed by atoms with van der Waals surface area (Å²) in [7, 11) is 0. The zero-order valence-corrected chi connectivity index (χ0v) is 38.4. The van der Waals surface area contributed by atoms with Gasteiger partial charge in [0.1, 0.15) is 0 Å². The zero-order chi connectivity index (χ0) is 47.0. The highest BCUT2D eigenvalue weighted by molar-refractivity contribution is 6.22. The Morgan fingerprint density at radius 2 is 0.529 bits per heavy atom. The molecular formula is C67H45N3. The van der Waals surface area contributed by atoms with E-state index in [4.69, 9.17) is 15.0 Å². The molecule has 12 rings (SSSR count). The van der Waals surface area contributed by atoms with Gasteiger partial charge in [-0.3, -0.25) is 0 Å². The number of hydrogen-bond donors (Lipinski definition) is 0. The van der Waals surface area contributed by atoms with E-state index in [0.29, 0.717) is 17.5 Å². The molecule has 1 heterocycles. The Morgan fingerprint density at radius 1 is 0.271 bits per heavy atom. The van der Waals surface area contributed by atoms with E-state index in [1.165, 1.54) is 54.6 Å². The van der Waals surface area contributed by atoms with Gasteiger partial charge in [0.15, 0.2) is 17.5 Å². The Balaban J connectivity index is 0.983. The van der Waals surface area contributed by atoms with Crippen molar-refractivity contribution in [3.05, 3.63) is 267 Å². The molecule has 0 aliphatic rings. The molecule has 70 heavy (non-hydrogen) atoms. The first-order valence-electron chi connectivity index (χ1n) is 23.7. The Labute approximate surface area is 407 Å². The molecule has 0 unspecified atom stereocenters. The van der Waals surface area contributed by atoms with Gasteiger partial charge in [-0.25, -0.2) is 15.0 Å². The van der Waals surface area contributed by atoms with Crippen LogP contribution < -0.4 is 0 Å². The highest BCUT2D eigenvalue weighted by atomic mass is 15.0. The maximum Gasteiger partial charge on any atom is 0.164 e. The van der Waals surface area contributed by atoms with Crippen molar-refractivity contribution in [1.29, 1.82) is 0 Å². The first kappa shape index (κ1) is 42.1. The Kier molecular flexibility index (Phi) is 10.9. The maximum absolute atomic E-state index is 5.23. The number of aromatic nitrogens is 3. The van der Waals surface area contributed by atoms with E-state index in [9.17, 15) is 0 Å². The molecule has 3 heteroatoms. The predicted octanol–water partition coefficient (Wildman–Crippen LogP) is 17.9. The molecule has 11 aromatic carbocycles. The second-order valence-electron chi connectivity index (χ2n) is 17.5. The molecule has 12 aromatic rings. The number of fused-ring (bicyclic) bond motifs is 4. The lowest BCUT2D eigenvalue weighted by molar-refractivity contribution is 1.07. The maximum atomic E-state index is 5.23. The smallest absolute Gasteiger partial charge is 0.164 e. The molecule has 1 aromatic heterocycles. The van der Waals surface area contributed by atoms with Crippen molar-refractivity contribution in [1.82, 2.24) is 15.0 Å². The van der Waals surface area contributed by atoms with Crippen LogP contribution in [-0.2, 0) is 0 Å². The third-order valence-corrected chi connectivity index (χ3v) is 13.5. The zero-order valence-electron chi connectivity index (χ0n) is 38.4. The minimum atomic E-state index is 0.603. The summed E-state index contributed by atoms with van der Waals surface area (Å²) in [5.41, 5.74) is 14.3. The molecule has 0 spiro atoms. The molecule has 0 fully saturated rings. The van der Waals surface area contributed by atoms with Gasteiger partial charge in [-0.05, 0) is 98.7 Å². The lowest BCUT2D eigenvalue weighted by Gasteiger charge is -2.18. The van der Waals surface area contributed by atoms with Crippen LogP contribution in [-0.4, -0.2) is 15.0 Å².